The monoisotopic (exact) mass is 277 g/mol. The summed E-state index contributed by atoms with van der Waals surface area (Å²) in [6.45, 7) is 2.44. The molecule has 1 unspecified atom stereocenters. The normalized spacial score (nSPS) is 12.2. The van der Waals surface area contributed by atoms with Gasteiger partial charge in [-0.05, 0) is 30.7 Å². The number of ether oxygens (including phenoxy) is 1. The number of halogens is 1. The maximum absolute atomic E-state index is 12.8. The summed E-state index contributed by atoms with van der Waals surface area (Å²) in [6, 6.07) is 7.99. The van der Waals surface area contributed by atoms with Crippen LogP contribution in [0.5, 0.6) is 0 Å². The van der Waals surface area contributed by atoms with E-state index in [0.29, 0.717) is 17.9 Å². The van der Waals surface area contributed by atoms with Gasteiger partial charge in [-0.3, -0.25) is 0 Å². The van der Waals surface area contributed by atoms with Crippen molar-refractivity contribution in [3.63, 3.8) is 0 Å². The third kappa shape index (κ3) is 3.45. The highest BCUT2D eigenvalue weighted by atomic mass is 19.1. The maximum Gasteiger partial charge on any atom is 0.341 e. The van der Waals surface area contributed by atoms with Gasteiger partial charge in [0, 0.05) is 6.04 Å². The van der Waals surface area contributed by atoms with Crippen LogP contribution in [0.3, 0.4) is 0 Å². The van der Waals surface area contributed by atoms with Crippen molar-refractivity contribution in [1.82, 2.24) is 5.32 Å². The SMILES string of the molecule is COC(=O)c1coc(CNC(C)c2ccc(F)cc2)c1. The molecule has 0 aliphatic rings. The average molecular weight is 277 g/mol. The lowest BCUT2D eigenvalue weighted by molar-refractivity contribution is 0.0600. The molecule has 1 N–H and O–H groups in total. The molecule has 2 rings (SSSR count). The summed E-state index contributed by atoms with van der Waals surface area (Å²) < 4.78 is 22.7. The molecule has 5 heteroatoms. The zero-order valence-electron chi connectivity index (χ0n) is 11.4. The zero-order valence-corrected chi connectivity index (χ0v) is 11.4. The Morgan fingerprint density at radius 1 is 1.40 bits per heavy atom. The van der Waals surface area contributed by atoms with Gasteiger partial charge in [-0.1, -0.05) is 12.1 Å². The van der Waals surface area contributed by atoms with Gasteiger partial charge in [-0.25, -0.2) is 9.18 Å². The first-order chi connectivity index (χ1) is 9.60. The van der Waals surface area contributed by atoms with Crippen LogP contribution in [-0.4, -0.2) is 13.1 Å². The van der Waals surface area contributed by atoms with Crippen molar-refractivity contribution in [2.45, 2.75) is 19.5 Å². The average Bonchev–Trinajstić information content (AvgIpc) is 2.93. The highest BCUT2D eigenvalue weighted by Crippen LogP contribution is 2.15. The predicted molar refractivity (Wildman–Crippen MR) is 71.7 cm³/mol. The number of hydrogen-bond acceptors (Lipinski definition) is 4. The highest BCUT2D eigenvalue weighted by Gasteiger charge is 2.11. The van der Waals surface area contributed by atoms with E-state index in [1.807, 2.05) is 6.92 Å². The summed E-state index contributed by atoms with van der Waals surface area (Å²) in [5, 5.41) is 3.24. The van der Waals surface area contributed by atoms with Crippen molar-refractivity contribution in [2.75, 3.05) is 7.11 Å². The number of hydrogen-bond donors (Lipinski definition) is 1. The topological polar surface area (TPSA) is 51.5 Å². The fourth-order valence-corrected chi connectivity index (χ4v) is 1.82. The second-order valence-electron chi connectivity index (χ2n) is 4.45. The largest absolute Gasteiger partial charge is 0.467 e. The molecule has 0 bridgehead atoms. The van der Waals surface area contributed by atoms with Gasteiger partial charge in [0.1, 0.15) is 17.8 Å². The number of furan rings is 1. The zero-order chi connectivity index (χ0) is 14.5. The Labute approximate surface area is 116 Å². The van der Waals surface area contributed by atoms with Gasteiger partial charge < -0.3 is 14.5 Å². The van der Waals surface area contributed by atoms with E-state index in [-0.39, 0.29) is 11.9 Å². The predicted octanol–water partition coefficient (Wildman–Crippen LogP) is 3.06. The lowest BCUT2D eigenvalue weighted by Crippen LogP contribution is -2.17. The van der Waals surface area contributed by atoms with E-state index in [1.54, 1.807) is 18.2 Å². The van der Waals surface area contributed by atoms with Crippen LogP contribution in [0.4, 0.5) is 4.39 Å². The summed E-state index contributed by atoms with van der Waals surface area (Å²) in [4.78, 5) is 11.3. The first-order valence-electron chi connectivity index (χ1n) is 6.24. The van der Waals surface area contributed by atoms with Gasteiger partial charge in [0.25, 0.3) is 0 Å². The fraction of sp³-hybridized carbons (Fsp3) is 0.267. The minimum Gasteiger partial charge on any atom is -0.467 e. The third-order valence-corrected chi connectivity index (χ3v) is 3.03. The smallest absolute Gasteiger partial charge is 0.341 e. The Morgan fingerprint density at radius 3 is 2.75 bits per heavy atom. The summed E-state index contributed by atoms with van der Waals surface area (Å²) in [7, 11) is 1.32. The maximum atomic E-state index is 12.8. The third-order valence-electron chi connectivity index (χ3n) is 3.03. The van der Waals surface area contributed by atoms with Gasteiger partial charge in [-0.15, -0.1) is 0 Å². The molecule has 0 saturated heterocycles. The van der Waals surface area contributed by atoms with Gasteiger partial charge in [-0.2, -0.15) is 0 Å². The Kier molecular flexibility index (Phi) is 4.53. The molecule has 0 aliphatic carbocycles. The molecule has 106 valence electrons. The van der Waals surface area contributed by atoms with Gasteiger partial charge in [0.15, 0.2) is 0 Å². The van der Waals surface area contributed by atoms with Crippen molar-refractivity contribution in [2.24, 2.45) is 0 Å². The van der Waals surface area contributed by atoms with Crippen LogP contribution in [0.1, 0.15) is 34.6 Å². The number of nitrogens with one attached hydrogen (secondary N) is 1. The summed E-state index contributed by atoms with van der Waals surface area (Å²) >= 11 is 0. The van der Waals surface area contributed by atoms with Crippen molar-refractivity contribution < 1.29 is 18.3 Å². The molecule has 0 aliphatic heterocycles. The molecule has 0 saturated carbocycles. The molecule has 20 heavy (non-hydrogen) atoms. The molecular formula is C15H16FNO3. The molecule has 1 aromatic heterocycles. The summed E-state index contributed by atoms with van der Waals surface area (Å²) in [5.74, 6) is -0.0411. The van der Waals surface area contributed by atoms with E-state index < -0.39 is 5.97 Å². The van der Waals surface area contributed by atoms with Crippen LogP contribution in [0, 0.1) is 5.82 Å². The number of benzene rings is 1. The first-order valence-corrected chi connectivity index (χ1v) is 6.24. The molecule has 1 atom stereocenters. The molecule has 0 radical (unpaired) electrons. The van der Waals surface area contributed by atoms with Gasteiger partial charge in [0.2, 0.25) is 0 Å². The van der Waals surface area contributed by atoms with E-state index in [0.717, 1.165) is 5.56 Å². The number of carbonyl (C=O) groups excluding carboxylic acids is 1. The first kappa shape index (κ1) is 14.3. The molecule has 0 amide bonds. The molecule has 4 nitrogen and oxygen atoms in total. The Hall–Kier alpha value is -2.14. The minimum absolute atomic E-state index is 0.0438. The molecule has 2 aromatic rings. The van der Waals surface area contributed by atoms with Gasteiger partial charge >= 0.3 is 5.97 Å². The van der Waals surface area contributed by atoms with Crippen molar-refractivity contribution in [3.05, 3.63) is 59.3 Å². The number of esters is 1. The van der Waals surface area contributed by atoms with Crippen molar-refractivity contribution in [3.8, 4) is 0 Å². The van der Waals surface area contributed by atoms with Crippen LogP contribution >= 0.6 is 0 Å². The number of rotatable bonds is 5. The molecule has 1 aromatic carbocycles. The molecule has 0 spiro atoms. The Balaban J connectivity index is 1.93. The van der Waals surface area contributed by atoms with Crippen molar-refractivity contribution in [1.29, 1.82) is 0 Å². The highest BCUT2D eigenvalue weighted by molar-refractivity contribution is 5.88. The lowest BCUT2D eigenvalue weighted by atomic mass is 10.1. The van der Waals surface area contributed by atoms with Crippen molar-refractivity contribution >= 4 is 5.97 Å². The van der Waals surface area contributed by atoms with E-state index >= 15 is 0 Å². The van der Waals surface area contributed by atoms with E-state index in [4.69, 9.17) is 4.42 Å². The number of carbonyl (C=O) groups is 1. The molecule has 0 fully saturated rings. The quantitative estimate of drug-likeness (QED) is 0.853. The van der Waals surface area contributed by atoms with Gasteiger partial charge in [0.05, 0.1) is 19.2 Å². The molecule has 1 heterocycles. The standard InChI is InChI=1S/C15H16FNO3/c1-10(11-3-5-13(16)6-4-11)17-8-14-7-12(9-20-14)15(18)19-2/h3-7,9-10,17H,8H2,1-2H3. The van der Waals surface area contributed by atoms with Crippen LogP contribution in [0.25, 0.3) is 0 Å². The van der Waals surface area contributed by atoms with Crippen LogP contribution in [-0.2, 0) is 11.3 Å². The summed E-state index contributed by atoms with van der Waals surface area (Å²) in [5.41, 5.74) is 1.37. The van der Waals surface area contributed by atoms with Crippen LogP contribution in [0.15, 0.2) is 41.0 Å². The fourth-order valence-electron chi connectivity index (χ4n) is 1.82. The molecular weight excluding hydrogens is 261 g/mol. The lowest BCUT2D eigenvalue weighted by Gasteiger charge is -2.13. The van der Waals surface area contributed by atoms with Crippen LogP contribution in [0.2, 0.25) is 0 Å². The number of methoxy groups -OCH3 is 1. The summed E-state index contributed by atoms with van der Waals surface area (Å²) in [6.07, 6.45) is 1.37. The second-order valence-corrected chi connectivity index (χ2v) is 4.45. The second kappa shape index (κ2) is 6.34. The van der Waals surface area contributed by atoms with E-state index in [9.17, 15) is 9.18 Å². The Morgan fingerprint density at radius 2 is 2.10 bits per heavy atom. The van der Waals surface area contributed by atoms with E-state index in [2.05, 4.69) is 10.1 Å². The minimum atomic E-state index is -0.424. The Bertz CT molecular complexity index is 577. The van der Waals surface area contributed by atoms with Crippen LogP contribution < -0.4 is 5.32 Å². The van der Waals surface area contributed by atoms with E-state index in [1.165, 1.54) is 25.5 Å².